The molecule has 1 aliphatic carbocycles. The first-order valence-electron chi connectivity index (χ1n) is 4.55. The normalized spacial score (nSPS) is 29.0. The van der Waals surface area contributed by atoms with E-state index in [1.807, 2.05) is 0 Å². The molecule has 3 heteroatoms. The minimum absolute atomic E-state index is 0.0385. The Balaban J connectivity index is 2.16. The molecule has 1 nitrogen and oxygen atoms in total. The molecule has 0 aromatic carbocycles. The fourth-order valence-electron chi connectivity index (χ4n) is 1.59. The molecular weight excluding hydrogens is 160 g/mol. The molecule has 0 aliphatic heterocycles. The standard InChI is InChI=1S/C9H17F2N/c1-6(2)3-8(12)4-7-5-9(7,10)11/h6-8H,3-5,12H2,1-2H3/t7-,8-/m1/s1. The van der Waals surface area contributed by atoms with Crippen molar-refractivity contribution in [1.29, 1.82) is 0 Å². The second-order valence-electron chi connectivity index (χ2n) is 4.29. The van der Waals surface area contributed by atoms with Gasteiger partial charge in [0.25, 0.3) is 5.92 Å². The van der Waals surface area contributed by atoms with Crippen LogP contribution < -0.4 is 5.73 Å². The van der Waals surface area contributed by atoms with E-state index in [1.54, 1.807) is 0 Å². The van der Waals surface area contributed by atoms with E-state index in [-0.39, 0.29) is 12.5 Å². The predicted octanol–water partition coefficient (Wildman–Crippen LogP) is 2.41. The second-order valence-corrected chi connectivity index (χ2v) is 4.29. The topological polar surface area (TPSA) is 26.0 Å². The Morgan fingerprint density at radius 2 is 2.00 bits per heavy atom. The van der Waals surface area contributed by atoms with Crippen molar-refractivity contribution in [2.45, 2.75) is 45.1 Å². The van der Waals surface area contributed by atoms with Gasteiger partial charge in [-0.25, -0.2) is 8.78 Å². The van der Waals surface area contributed by atoms with Crippen LogP contribution >= 0.6 is 0 Å². The van der Waals surface area contributed by atoms with Gasteiger partial charge in [0.2, 0.25) is 0 Å². The van der Waals surface area contributed by atoms with Crippen molar-refractivity contribution in [2.24, 2.45) is 17.6 Å². The lowest BCUT2D eigenvalue weighted by atomic mass is 10.00. The van der Waals surface area contributed by atoms with Gasteiger partial charge in [-0.1, -0.05) is 13.8 Å². The van der Waals surface area contributed by atoms with Gasteiger partial charge in [-0.2, -0.15) is 0 Å². The number of halogens is 2. The summed E-state index contributed by atoms with van der Waals surface area (Å²) in [5.41, 5.74) is 5.70. The molecule has 0 aromatic rings. The summed E-state index contributed by atoms with van der Waals surface area (Å²) in [6, 6.07) is -0.0385. The van der Waals surface area contributed by atoms with Crippen LogP contribution in [0.2, 0.25) is 0 Å². The van der Waals surface area contributed by atoms with Crippen LogP contribution in [0.3, 0.4) is 0 Å². The summed E-state index contributed by atoms with van der Waals surface area (Å²) in [6.45, 7) is 4.12. The fourth-order valence-corrected chi connectivity index (χ4v) is 1.59. The van der Waals surface area contributed by atoms with Crippen molar-refractivity contribution >= 4 is 0 Å². The van der Waals surface area contributed by atoms with Gasteiger partial charge in [0.1, 0.15) is 0 Å². The highest BCUT2D eigenvalue weighted by Gasteiger charge is 2.56. The van der Waals surface area contributed by atoms with Crippen molar-refractivity contribution in [3.63, 3.8) is 0 Å². The summed E-state index contributed by atoms with van der Waals surface area (Å²) in [5, 5.41) is 0. The predicted molar refractivity (Wildman–Crippen MR) is 45.1 cm³/mol. The van der Waals surface area contributed by atoms with E-state index in [0.717, 1.165) is 6.42 Å². The molecule has 0 aromatic heterocycles. The lowest BCUT2D eigenvalue weighted by Gasteiger charge is -2.12. The van der Waals surface area contributed by atoms with E-state index >= 15 is 0 Å². The Bertz CT molecular complexity index is 157. The zero-order valence-corrected chi connectivity index (χ0v) is 7.69. The number of alkyl halides is 2. The molecule has 1 fully saturated rings. The first kappa shape index (κ1) is 9.90. The Morgan fingerprint density at radius 3 is 2.33 bits per heavy atom. The maximum absolute atomic E-state index is 12.4. The smallest absolute Gasteiger partial charge is 0.251 e. The maximum atomic E-state index is 12.4. The van der Waals surface area contributed by atoms with E-state index in [9.17, 15) is 8.78 Å². The first-order chi connectivity index (χ1) is 5.42. The highest BCUT2D eigenvalue weighted by atomic mass is 19.3. The van der Waals surface area contributed by atoms with Crippen LogP contribution in [0.25, 0.3) is 0 Å². The third kappa shape index (κ3) is 2.70. The SMILES string of the molecule is CC(C)C[C@@H](N)C[C@@H]1CC1(F)F. The van der Waals surface area contributed by atoms with E-state index in [1.165, 1.54) is 0 Å². The molecule has 2 N–H and O–H groups in total. The van der Waals surface area contributed by atoms with Crippen LogP contribution in [0.5, 0.6) is 0 Å². The molecule has 72 valence electrons. The molecule has 0 saturated heterocycles. The molecule has 1 saturated carbocycles. The van der Waals surface area contributed by atoms with Gasteiger partial charge in [-0.15, -0.1) is 0 Å². The molecule has 2 atom stereocenters. The number of hydrogen-bond donors (Lipinski definition) is 1. The number of hydrogen-bond acceptors (Lipinski definition) is 1. The second kappa shape index (κ2) is 3.29. The number of rotatable bonds is 4. The molecule has 0 unspecified atom stereocenters. The van der Waals surface area contributed by atoms with Crippen LogP contribution in [0, 0.1) is 11.8 Å². The fraction of sp³-hybridized carbons (Fsp3) is 1.00. The van der Waals surface area contributed by atoms with Crippen LogP contribution in [0.15, 0.2) is 0 Å². The van der Waals surface area contributed by atoms with Gasteiger partial charge >= 0.3 is 0 Å². The zero-order valence-electron chi connectivity index (χ0n) is 7.69. The van der Waals surface area contributed by atoms with Crippen molar-refractivity contribution in [1.82, 2.24) is 0 Å². The Kier molecular flexibility index (Phi) is 2.71. The zero-order chi connectivity index (χ0) is 9.35. The first-order valence-corrected chi connectivity index (χ1v) is 4.55. The van der Waals surface area contributed by atoms with Crippen LogP contribution in [0.4, 0.5) is 8.78 Å². The van der Waals surface area contributed by atoms with Crippen molar-refractivity contribution in [3.8, 4) is 0 Å². The molecule has 1 aliphatic rings. The minimum atomic E-state index is -2.39. The Hall–Kier alpha value is -0.180. The number of nitrogens with two attached hydrogens (primary N) is 1. The summed E-state index contributed by atoms with van der Waals surface area (Å²) >= 11 is 0. The molecule has 1 rings (SSSR count). The largest absolute Gasteiger partial charge is 0.328 e. The molecule has 12 heavy (non-hydrogen) atoms. The third-order valence-electron chi connectivity index (χ3n) is 2.32. The minimum Gasteiger partial charge on any atom is -0.328 e. The van der Waals surface area contributed by atoms with Crippen molar-refractivity contribution < 1.29 is 8.78 Å². The van der Waals surface area contributed by atoms with E-state index in [2.05, 4.69) is 13.8 Å². The van der Waals surface area contributed by atoms with Gasteiger partial charge in [-0.05, 0) is 18.8 Å². The average molecular weight is 177 g/mol. The highest BCUT2D eigenvalue weighted by molar-refractivity contribution is 4.96. The highest BCUT2D eigenvalue weighted by Crippen LogP contribution is 2.51. The molecule has 0 spiro atoms. The van der Waals surface area contributed by atoms with Crippen LogP contribution in [0.1, 0.15) is 33.1 Å². The molecule has 0 bridgehead atoms. The molecular formula is C9H17F2N. The monoisotopic (exact) mass is 177 g/mol. The molecule has 0 radical (unpaired) electrons. The summed E-state index contributed by atoms with van der Waals surface area (Å²) in [5.74, 6) is -2.31. The van der Waals surface area contributed by atoms with Gasteiger partial charge in [-0.3, -0.25) is 0 Å². The molecule has 0 amide bonds. The van der Waals surface area contributed by atoms with Crippen LogP contribution in [-0.4, -0.2) is 12.0 Å². The van der Waals surface area contributed by atoms with Crippen molar-refractivity contribution in [2.75, 3.05) is 0 Å². The lowest BCUT2D eigenvalue weighted by Crippen LogP contribution is -2.23. The van der Waals surface area contributed by atoms with Crippen LogP contribution in [-0.2, 0) is 0 Å². The quantitative estimate of drug-likeness (QED) is 0.701. The van der Waals surface area contributed by atoms with Gasteiger partial charge < -0.3 is 5.73 Å². The molecule has 0 heterocycles. The average Bonchev–Trinajstić information content (AvgIpc) is 2.35. The Morgan fingerprint density at radius 1 is 1.50 bits per heavy atom. The summed E-state index contributed by atoms with van der Waals surface area (Å²) in [4.78, 5) is 0. The van der Waals surface area contributed by atoms with Gasteiger partial charge in [0.05, 0.1) is 0 Å². The van der Waals surface area contributed by atoms with E-state index < -0.39 is 11.8 Å². The lowest BCUT2D eigenvalue weighted by molar-refractivity contribution is 0.0948. The summed E-state index contributed by atoms with van der Waals surface area (Å²) in [7, 11) is 0. The van der Waals surface area contributed by atoms with Gasteiger partial charge in [0, 0.05) is 18.4 Å². The van der Waals surface area contributed by atoms with E-state index in [0.29, 0.717) is 12.3 Å². The maximum Gasteiger partial charge on any atom is 0.251 e. The summed E-state index contributed by atoms with van der Waals surface area (Å²) in [6.07, 6.45) is 1.40. The van der Waals surface area contributed by atoms with E-state index in [4.69, 9.17) is 5.73 Å². The summed E-state index contributed by atoms with van der Waals surface area (Å²) < 4.78 is 24.9. The Labute approximate surface area is 72.3 Å². The van der Waals surface area contributed by atoms with Crippen molar-refractivity contribution in [3.05, 3.63) is 0 Å². The van der Waals surface area contributed by atoms with Gasteiger partial charge in [0.15, 0.2) is 0 Å². The third-order valence-corrected chi connectivity index (χ3v) is 2.32.